The quantitative estimate of drug-likeness (QED) is 0.703. The van der Waals surface area contributed by atoms with Gasteiger partial charge in [-0.15, -0.1) is 0 Å². The molecule has 1 saturated heterocycles. The fraction of sp³-hybridized carbons (Fsp3) is 0.692. The van der Waals surface area contributed by atoms with Crippen molar-refractivity contribution in [3.63, 3.8) is 0 Å². The van der Waals surface area contributed by atoms with Gasteiger partial charge in [0.1, 0.15) is 18.0 Å². The maximum atomic E-state index is 5.58. The van der Waals surface area contributed by atoms with Crippen molar-refractivity contribution in [2.75, 3.05) is 43.4 Å². The second kappa shape index (κ2) is 7.25. The number of nitrogens with two attached hydrogens (primary N) is 1. The fourth-order valence-corrected chi connectivity index (χ4v) is 2.41. The maximum Gasteiger partial charge on any atom is 0.131 e. The zero-order valence-electron chi connectivity index (χ0n) is 11.6. The lowest BCUT2D eigenvalue weighted by Crippen LogP contribution is -2.41. The molecule has 0 atom stereocenters. The first-order valence-corrected chi connectivity index (χ1v) is 7.06. The average Bonchev–Trinajstić information content (AvgIpc) is 2.42. The van der Waals surface area contributed by atoms with E-state index in [0.717, 1.165) is 57.2 Å². The Morgan fingerprint density at radius 1 is 1.32 bits per heavy atom. The summed E-state index contributed by atoms with van der Waals surface area (Å²) >= 11 is 0. The monoisotopic (exact) mass is 264 g/mol. The lowest BCUT2D eigenvalue weighted by molar-refractivity contribution is 0.224. The minimum Gasteiger partial charge on any atom is -0.370 e. The van der Waals surface area contributed by atoms with Crippen molar-refractivity contribution in [3.05, 3.63) is 12.4 Å². The van der Waals surface area contributed by atoms with E-state index in [1.807, 2.05) is 6.07 Å². The molecule has 2 rings (SSSR count). The molecule has 0 bridgehead atoms. The van der Waals surface area contributed by atoms with Gasteiger partial charge in [0.25, 0.3) is 0 Å². The molecule has 1 aromatic rings. The van der Waals surface area contributed by atoms with Crippen LogP contribution in [-0.2, 0) is 0 Å². The Labute approximate surface area is 114 Å². The zero-order chi connectivity index (χ0) is 13.5. The van der Waals surface area contributed by atoms with Gasteiger partial charge in [-0.05, 0) is 19.8 Å². The van der Waals surface area contributed by atoms with E-state index in [1.165, 1.54) is 0 Å². The van der Waals surface area contributed by atoms with Crippen LogP contribution in [0.5, 0.6) is 0 Å². The van der Waals surface area contributed by atoms with Crippen LogP contribution in [0.15, 0.2) is 12.4 Å². The summed E-state index contributed by atoms with van der Waals surface area (Å²) in [7, 11) is 0. The molecule has 0 amide bonds. The third-order valence-electron chi connectivity index (χ3n) is 3.41. The van der Waals surface area contributed by atoms with Crippen molar-refractivity contribution in [1.29, 1.82) is 0 Å². The van der Waals surface area contributed by atoms with Crippen LogP contribution in [-0.4, -0.2) is 53.6 Å². The standard InChI is InChI=1S/C13H24N6/c1-2-15-12-9-13(17-10-16-12)18-11-3-6-19(7-4-11)8-5-14/h9-11H,2-8,14H2,1H3,(H2,15,16,17,18). The van der Waals surface area contributed by atoms with Crippen molar-refractivity contribution >= 4 is 11.6 Å². The van der Waals surface area contributed by atoms with Gasteiger partial charge in [-0.2, -0.15) is 0 Å². The molecule has 19 heavy (non-hydrogen) atoms. The van der Waals surface area contributed by atoms with E-state index in [2.05, 4.69) is 32.4 Å². The van der Waals surface area contributed by atoms with Gasteiger partial charge in [-0.1, -0.05) is 0 Å². The molecule has 1 aromatic heterocycles. The number of nitrogens with zero attached hydrogens (tertiary/aromatic N) is 3. The molecule has 2 heterocycles. The number of hydrogen-bond acceptors (Lipinski definition) is 6. The molecule has 0 aliphatic carbocycles. The van der Waals surface area contributed by atoms with Gasteiger partial charge in [0, 0.05) is 44.8 Å². The molecule has 6 heteroatoms. The van der Waals surface area contributed by atoms with Crippen molar-refractivity contribution < 1.29 is 0 Å². The van der Waals surface area contributed by atoms with Gasteiger partial charge in [-0.25, -0.2) is 9.97 Å². The van der Waals surface area contributed by atoms with E-state index in [4.69, 9.17) is 5.73 Å². The van der Waals surface area contributed by atoms with Crippen molar-refractivity contribution in [2.45, 2.75) is 25.8 Å². The SMILES string of the molecule is CCNc1cc(NC2CCN(CCN)CC2)ncn1. The van der Waals surface area contributed by atoms with E-state index >= 15 is 0 Å². The Bertz CT molecular complexity index is 375. The largest absolute Gasteiger partial charge is 0.370 e. The van der Waals surface area contributed by atoms with Crippen molar-refractivity contribution in [3.8, 4) is 0 Å². The number of hydrogen-bond donors (Lipinski definition) is 3. The first-order valence-electron chi connectivity index (χ1n) is 7.06. The average molecular weight is 264 g/mol. The summed E-state index contributed by atoms with van der Waals surface area (Å²) in [6, 6.07) is 2.47. The zero-order valence-corrected chi connectivity index (χ0v) is 11.6. The van der Waals surface area contributed by atoms with Gasteiger partial charge < -0.3 is 21.3 Å². The summed E-state index contributed by atoms with van der Waals surface area (Å²) in [5.74, 6) is 1.78. The molecule has 0 spiro atoms. The first kappa shape index (κ1) is 14.0. The van der Waals surface area contributed by atoms with E-state index in [1.54, 1.807) is 6.33 Å². The molecule has 0 radical (unpaired) electrons. The molecular weight excluding hydrogens is 240 g/mol. The molecule has 1 aliphatic rings. The third kappa shape index (κ3) is 4.33. The van der Waals surface area contributed by atoms with Gasteiger partial charge in [0.15, 0.2) is 0 Å². The Kier molecular flexibility index (Phi) is 5.35. The first-order chi connectivity index (χ1) is 9.31. The Morgan fingerprint density at radius 3 is 2.74 bits per heavy atom. The molecule has 0 unspecified atom stereocenters. The Balaban J connectivity index is 1.83. The molecule has 0 aromatic carbocycles. The molecule has 1 aliphatic heterocycles. The highest BCUT2D eigenvalue weighted by Gasteiger charge is 2.18. The number of piperidine rings is 1. The highest BCUT2D eigenvalue weighted by Crippen LogP contribution is 2.16. The van der Waals surface area contributed by atoms with Crippen LogP contribution in [0.1, 0.15) is 19.8 Å². The number of nitrogens with one attached hydrogen (secondary N) is 2. The van der Waals surface area contributed by atoms with Crippen molar-refractivity contribution in [2.24, 2.45) is 5.73 Å². The summed E-state index contributed by atoms with van der Waals surface area (Å²) in [6.07, 6.45) is 3.88. The lowest BCUT2D eigenvalue weighted by atomic mass is 10.1. The predicted molar refractivity (Wildman–Crippen MR) is 78.3 cm³/mol. The van der Waals surface area contributed by atoms with Crippen LogP contribution in [0, 0.1) is 0 Å². The Hall–Kier alpha value is -1.40. The molecule has 1 fully saturated rings. The highest BCUT2D eigenvalue weighted by molar-refractivity contribution is 5.46. The van der Waals surface area contributed by atoms with Crippen LogP contribution < -0.4 is 16.4 Å². The van der Waals surface area contributed by atoms with Crippen molar-refractivity contribution in [1.82, 2.24) is 14.9 Å². The van der Waals surface area contributed by atoms with Gasteiger partial charge in [0.05, 0.1) is 0 Å². The summed E-state index contributed by atoms with van der Waals surface area (Å²) in [5.41, 5.74) is 5.58. The fourth-order valence-electron chi connectivity index (χ4n) is 2.41. The minimum absolute atomic E-state index is 0.499. The highest BCUT2D eigenvalue weighted by atomic mass is 15.2. The predicted octanol–water partition coefficient (Wildman–Crippen LogP) is 0.743. The van der Waals surface area contributed by atoms with E-state index in [9.17, 15) is 0 Å². The molecule has 106 valence electrons. The summed E-state index contributed by atoms with van der Waals surface area (Å²) < 4.78 is 0. The number of likely N-dealkylation sites (tertiary alicyclic amines) is 1. The molecule has 6 nitrogen and oxygen atoms in total. The van der Waals surface area contributed by atoms with Crippen LogP contribution in [0.25, 0.3) is 0 Å². The van der Waals surface area contributed by atoms with Gasteiger partial charge >= 0.3 is 0 Å². The normalized spacial score (nSPS) is 17.4. The minimum atomic E-state index is 0.499. The van der Waals surface area contributed by atoms with Crippen LogP contribution >= 0.6 is 0 Å². The second-order valence-electron chi connectivity index (χ2n) is 4.87. The Morgan fingerprint density at radius 2 is 2.05 bits per heavy atom. The summed E-state index contributed by atoms with van der Waals surface area (Å²) in [4.78, 5) is 10.9. The summed E-state index contributed by atoms with van der Waals surface area (Å²) in [5, 5.41) is 6.69. The number of aromatic nitrogens is 2. The second-order valence-corrected chi connectivity index (χ2v) is 4.87. The third-order valence-corrected chi connectivity index (χ3v) is 3.41. The topological polar surface area (TPSA) is 79.1 Å². The smallest absolute Gasteiger partial charge is 0.131 e. The summed E-state index contributed by atoms with van der Waals surface area (Å²) in [6.45, 7) is 6.90. The van der Waals surface area contributed by atoms with Gasteiger partial charge in [0.2, 0.25) is 0 Å². The molecular formula is C13H24N6. The van der Waals surface area contributed by atoms with Gasteiger partial charge in [-0.3, -0.25) is 0 Å². The molecule has 4 N–H and O–H groups in total. The van der Waals surface area contributed by atoms with E-state index in [0.29, 0.717) is 6.04 Å². The van der Waals surface area contributed by atoms with Crippen LogP contribution in [0.3, 0.4) is 0 Å². The lowest BCUT2D eigenvalue weighted by Gasteiger charge is -2.32. The van der Waals surface area contributed by atoms with Crippen LogP contribution in [0.2, 0.25) is 0 Å². The number of rotatable bonds is 6. The van der Waals surface area contributed by atoms with E-state index in [-0.39, 0.29) is 0 Å². The molecule has 0 saturated carbocycles. The maximum absolute atomic E-state index is 5.58. The van der Waals surface area contributed by atoms with Crippen LogP contribution in [0.4, 0.5) is 11.6 Å². The van der Waals surface area contributed by atoms with E-state index < -0.39 is 0 Å². The number of anilines is 2.